The molecule has 0 aliphatic heterocycles. The second-order valence-electron chi connectivity index (χ2n) is 11.8. The first-order chi connectivity index (χ1) is 17.0. The number of hydrogen-bond acceptors (Lipinski definition) is 3. The number of aryl methyl sites for hydroxylation is 1. The third-order valence-corrected chi connectivity index (χ3v) is 9.62. The van der Waals surface area contributed by atoms with Crippen LogP contribution >= 0.6 is 11.6 Å². The molecule has 0 radical (unpaired) electrons. The maximum absolute atomic E-state index is 12.7. The van der Waals surface area contributed by atoms with Crippen LogP contribution in [0.1, 0.15) is 114 Å². The summed E-state index contributed by atoms with van der Waals surface area (Å²) < 4.78 is 5.43. The van der Waals surface area contributed by atoms with Crippen molar-refractivity contribution in [3.05, 3.63) is 34.3 Å². The van der Waals surface area contributed by atoms with Crippen molar-refractivity contribution in [3.8, 4) is 0 Å². The molecule has 35 heavy (non-hydrogen) atoms. The van der Waals surface area contributed by atoms with Crippen molar-refractivity contribution in [1.82, 2.24) is 4.90 Å². The van der Waals surface area contributed by atoms with Crippen molar-refractivity contribution >= 4 is 17.6 Å². The van der Waals surface area contributed by atoms with Gasteiger partial charge in [0.1, 0.15) is 0 Å². The molecular formula is C31H48ClNO2. The van der Waals surface area contributed by atoms with Crippen LogP contribution in [0.15, 0.2) is 18.2 Å². The quantitative estimate of drug-likeness (QED) is 0.318. The Morgan fingerprint density at radius 2 is 1.54 bits per heavy atom. The average Bonchev–Trinajstić information content (AvgIpc) is 2.87. The van der Waals surface area contributed by atoms with E-state index in [1.807, 2.05) is 6.92 Å². The number of carbonyl (C=O) groups is 1. The fourth-order valence-corrected chi connectivity index (χ4v) is 7.58. The molecule has 3 nitrogen and oxygen atoms in total. The highest BCUT2D eigenvalue weighted by molar-refractivity contribution is 6.31. The summed E-state index contributed by atoms with van der Waals surface area (Å²) in [6, 6.07) is 7.17. The van der Waals surface area contributed by atoms with Gasteiger partial charge >= 0.3 is 5.97 Å². The van der Waals surface area contributed by atoms with Gasteiger partial charge in [-0.05, 0) is 87.3 Å². The highest BCUT2D eigenvalue weighted by Gasteiger charge is 2.40. The minimum atomic E-state index is -0.0348. The molecule has 0 amide bonds. The lowest BCUT2D eigenvalue weighted by molar-refractivity contribution is -0.145. The lowest BCUT2D eigenvalue weighted by atomic mass is 9.69. The van der Waals surface area contributed by atoms with Gasteiger partial charge in [0, 0.05) is 36.5 Å². The van der Waals surface area contributed by atoms with Crippen LogP contribution in [0.5, 0.6) is 0 Å². The van der Waals surface area contributed by atoms with E-state index in [1.165, 1.54) is 95.7 Å². The molecule has 196 valence electrons. The van der Waals surface area contributed by atoms with Crippen LogP contribution in [0, 0.1) is 24.7 Å². The lowest BCUT2D eigenvalue weighted by Gasteiger charge is -2.47. The van der Waals surface area contributed by atoms with E-state index in [2.05, 4.69) is 30.0 Å². The Hall–Kier alpha value is -1.06. The van der Waals surface area contributed by atoms with Crippen molar-refractivity contribution in [2.24, 2.45) is 17.8 Å². The van der Waals surface area contributed by atoms with Crippen molar-refractivity contribution in [3.63, 3.8) is 0 Å². The zero-order valence-corrected chi connectivity index (χ0v) is 23.0. The van der Waals surface area contributed by atoms with Crippen molar-refractivity contribution in [2.75, 3.05) is 19.7 Å². The van der Waals surface area contributed by atoms with E-state index in [1.54, 1.807) is 0 Å². The van der Waals surface area contributed by atoms with Gasteiger partial charge in [-0.15, -0.1) is 0 Å². The molecule has 3 aliphatic carbocycles. The van der Waals surface area contributed by atoms with Crippen LogP contribution < -0.4 is 0 Å². The molecule has 1 aromatic carbocycles. The number of rotatable bonds is 9. The molecule has 4 rings (SSSR count). The summed E-state index contributed by atoms with van der Waals surface area (Å²) in [4.78, 5) is 15.6. The van der Waals surface area contributed by atoms with Crippen molar-refractivity contribution in [1.29, 1.82) is 0 Å². The number of halogens is 1. The number of nitrogens with zero attached hydrogens (tertiary/aromatic N) is 1. The fraction of sp³-hybridized carbons (Fsp3) is 0.774. The smallest absolute Gasteiger partial charge is 0.306 e. The second-order valence-corrected chi connectivity index (χ2v) is 12.2. The molecule has 3 saturated carbocycles. The first kappa shape index (κ1) is 27.0. The molecule has 3 fully saturated rings. The van der Waals surface area contributed by atoms with E-state index in [4.69, 9.17) is 16.3 Å². The Morgan fingerprint density at radius 1 is 0.914 bits per heavy atom. The molecule has 0 saturated heterocycles. The highest BCUT2D eigenvalue weighted by Crippen LogP contribution is 2.44. The molecule has 0 aromatic heterocycles. The molecule has 0 heterocycles. The maximum Gasteiger partial charge on any atom is 0.306 e. The van der Waals surface area contributed by atoms with Gasteiger partial charge in [0.25, 0.3) is 0 Å². The topological polar surface area (TPSA) is 29.5 Å². The van der Waals surface area contributed by atoms with Gasteiger partial charge in [0.05, 0.1) is 6.61 Å². The molecule has 0 bridgehead atoms. The van der Waals surface area contributed by atoms with Crippen LogP contribution in [0.3, 0.4) is 0 Å². The Kier molecular flexibility index (Phi) is 10.4. The minimum Gasteiger partial charge on any atom is -0.466 e. The van der Waals surface area contributed by atoms with Crippen molar-refractivity contribution in [2.45, 2.75) is 116 Å². The van der Waals surface area contributed by atoms with E-state index < -0.39 is 0 Å². The van der Waals surface area contributed by atoms with E-state index in [-0.39, 0.29) is 5.97 Å². The SMILES string of the molecule is CCOC(=O)CC1CCCC(N(CC2CCCCC2)CC2CCCCC2)C1c1ccc(C)c(Cl)c1. The summed E-state index contributed by atoms with van der Waals surface area (Å²) in [7, 11) is 0. The third kappa shape index (κ3) is 7.48. The summed E-state index contributed by atoms with van der Waals surface area (Å²) >= 11 is 6.67. The molecule has 0 spiro atoms. The highest BCUT2D eigenvalue weighted by atomic mass is 35.5. The van der Waals surface area contributed by atoms with Gasteiger partial charge in [-0.2, -0.15) is 0 Å². The second kappa shape index (κ2) is 13.5. The van der Waals surface area contributed by atoms with Crippen LogP contribution in [-0.4, -0.2) is 36.6 Å². The van der Waals surface area contributed by atoms with Gasteiger partial charge in [-0.1, -0.05) is 68.7 Å². The summed E-state index contributed by atoms with van der Waals surface area (Å²) in [6.45, 7) is 6.94. The van der Waals surface area contributed by atoms with Gasteiger partial charge in [-0.25, -0.2) is 0 Å². The zero-order chi connectivity index (χ0) is 24.6. The van der Waals surface area contributed by atoms with E-state index >= 15 is 0 Å². The van der Waals surface area contributed by atoms with Crippen LogP contribution in [0.4, 0.5) is 0 Å². The molecule has 3 atom stereocenters. The van der Waals surface area contributed by atoms with Gasteiger partial charge in [-0.3, -0.25) is 9.69 Å². The predicted molar refractivity (Wildman–Crippen MR) is 146 cm³/mol. The molecule has 4 heteroatoms. The fourth-order valence-electron chi connectivity index (χ4n) is 7.39. The van der Waals surface area contributed by atoms with Crippen molar-refractivity contribution < 1.29 is 9.53 Å². The van der Waals surface area contributed by atoms with Gasteiger partial charge < -0.3 is 4.74 Å². The summed E-state index contributed by atoms with van der Waals surface area (Å²) in [5.74, 6) is 2.30. The molecule has 0 N–H and O–H groups in total. The zero-order valence-electron chi connectivity index (χ0n) is 22.3. The Labute approximate surface area is 219 Å². The Balaban J connectivity index is 1.63. The maximum atomic E-state index is 12.7. The van der Waals surface area contributed by atoms with Crippen LogP contribution in [-0.2, 0) is 9.53 Å². The lowest BCUT2D eigenvalue weighted by Crippen LogP contribution is -2.49. The minimum absolute atomic E-state index is 0.0348. The number of ether oxygens (including phenoxy) is 1. The largest absolute Gasteiger partial charge is 0.466 e. The summed E-state index contributed by atoms with van der Waals surface area (Å²) in [5, 5.41) is 0.854. The number of hydrogen-bond donors (Lipinski definition) is 0. The predicted octanol–water partition coefficient (Wildman–Crippen LogP) is 8.32. The van der Waals surface area contributed by atoms with E-state index in [9.17, 15) is 4.79 Å². The number of esters is 1. The Bertz CT molecular complexity index is 779. The van der Waals surface area contributed by atoms with Crippen LogP contribution in [0.25, 0.3) is 0 Å². The van der Waals surface area contributed by atoms with Gasteiger partial charge in [0.2, 0.25) is 0 Å². The standard InChI is InChI=1S/C31H48ClNO2/c1-3-35-30(34)20-26-15-10-16-29(31(26)27-18-17-23(2)28(32)19-27)33(21-24-11-6-4-7-12-24)22-25-13-8-5-9-14-25/h17-19,24-26,29,31H,3-16,20-22H2,1-2H3. The number of carbonyl (C=O) groups excluding carboxylic acids is 1. The van der Waals surface area contributed by atoms with E-state index in [0.29, 0.717) is 30.9 Å². The molecule has 3 aliphatic rings. The molecule has 1 aromatic rings. The number of benzene rings is 1. The van der Waals surface area contributed by atoms with Gasteiger partial charge in [0.15, 0.2) is 0 Å². The van der Waals surface area contributed by atoms with Crippen LogP contribution in [0.2, 0.25) is 5.02 Å². The summed E-state index contributed by atoms with van der Waals surface area (Å²) in [6.07, 6.45) is 18.0. The molecular weight excluding hydrogens is 454 g/mol. The monoisotopic (exact) mass is 501 g/mol. The first-order valence-electron chi connectivity index (χ1n) is 14.7. The normalized spacial score (nSPS) is 26.7. The average molecular weight is 502 g/mol. The van der Waals surface area contributed by atoms with E-state index in [0.717, 1.165) is 28.8 Å². The summed E-state index contributed by atoms with van der Waals surface area (Å²) in [5.41, 5.74) is 2.46. The molecule has 3 unspecified atom stereocenters. The Morgan fingerprint density at radius 3 is 2.11 bits per heavy atom. The first-order valence-corrected chi connectivity index (χ1v) is 15.1. The third-order valence-electron chi connectivity index (χ3n) is 9.22.